The van der Waals surface area contributed by atoms with Crippen molar-refractivity contribution in [3.8, 4) is 0 Å². The number of amides is 2. The largest absolute Gasteiger partial charge is 0.357 e. The summed E-state index contributed by atoms with van der Waals surface area (Å²) in [6.45, 7) is 1.30. The highest BCUT2D eigenvalue weighted by molar-refractivity contribution is 9.10. The Hall–Kier alpha value is -3.66. The molecule has 0 saturated heterocycles. The summed E-state index contributed by atoms with van der Waals surface area (Å²) in [4.78, 5) is 29.1. The summed E-state index contributed by atoms with van der Waals surface area (Å²) in [5, 5.41) is 3.13. The van der Waals surface area contributed by atoms with Crippen LogP contribution in [-0.4, -0.2) is 44.8 Å². The Bertz CT molecular complexity index is 1640. The minimum Gasteiger partial charge on any atom is -0.357 e. The van der Waals surface area contributed by atoms with Gasteiger partial charge in [-0.25, -0.2) is 8.42 Å². The molecule has 0 heterocycles. The van der Waals surface area contributed by atoms with E-state index in [0.717, 1.165) is 19.9 Å². The van der Waals surface area contributed by atoms with Gasteiger partial charge in [0.15, 0.2) is 0 Å². The number of carbonyl (C=O) groups is 2. The van der Waals surface area contributed by atoms with Gasteiger partial charge in [0.1, 0.15) is 12.6 Å². The second-order valence-corrected chi connectivity index (χ2v) is 12.9. The van der Waals surface area contributed by atoms with Gasteiger partial charge in [-0.15, -0.1) is 0 Å². The Kier molecular flexibility index (Phi) is 10.4. The number of hydrogen-bond acceptors (Lipinski definition) is 4. The fraction of sp³-hybridized carbons (Fsp3) is 0.188. The molecular weight excluding hydrogens is 638 g/mol. The maximum Gasteiger partial charge on any atom is 0.264 e. The number of nitrogens with one attached hydrogen (secondary N) is 1. The number of benzene rings is 4. The molecule has 0 aliphatic rings. The molecule has 0 fully saturated rings. The lowest BCUT2D eigenvalue weighted by molar-refractivity contribution is -0.139. The number of carbonyl (C=O) groups excluding carboxylic acids is 2. The van der Waals surface area contributed by atoms with Crippen molar-refractivity contribution >= 4 is 55.1 Å². The van der Waals surface area contributed by atoms with Crippen molar-refractivity contribution in [1.82, 2.24) is 10.2 Å². The van der Waals surface area contributed by atoms with Crippen molar-refractivity contribution in [3.63, 3.8) is 0 Å². The minimum absolute atomic E-state index is 0.0405. The van der Waals surface area contributed by atoms with Crippen LogP contribution in [0.4, 0.5) is 5.69 Å². The van der Waals surface area contributed by atoms with Gasteiger partial charge in [-0.3, -0.25) is 13.9 Å². The van der Waals surface area contributed by atoms with Crippen LogP contribution in [0.15, 0.2) is 112 Å². The minimum atomic E-state index is -4.17. The van der Waals surface area contributed by atoms with E-state index in [1.165, 1.54) is 24.1 Å². The summed E-state index contributed by atoms with van der Waals surface area (Å²) in [6, 6.07) is 28.7. The van der Waals surface area contributed by atoms with E-state index >= 15 is 0 Å². The Labute approximate surface area is 260 Å². The monoisotopic (exact) mass is 667 g/mol. The number of halogens is 2. The van der Waals surface area contributed by atoms with Crippen molar-refractivity contribution in [1.29, 1.82) is 0 Å². The number of anilines is 1. The zero-order valence-corrected chi connectivity index (χ0v) is 26.4. The van der Waals surface area contributed by atoms with Gasteiger partial charge in [-0.2, -0.15) is 0 Å². The molecule has 42 heavy (non-hydrogen) atoms. The number of nitrogens with zero attached hydrogens (tertiary/aromatic N) is 2. The molecule has 0 aromatic heterocycles. The van der Waals surface area contributed by atoms with E-state index in [4.69, 9.17) is 11.6 Å². The van der Waals surface area contributed by atoms with Gasteiger partial charge >= 0.3 is 0 Å². The van der Waals surface area contributed by atoms with Crippen LogP contribution in [0.3, 0.4) is 0 Å². The third kappa shape index (κ3) is 7.59. The number of rotatable bonds is 11. The Morgan fingerprint density at radius 3 is 2.10 bits per heavy atom. The van der Waals surface area contributed by atoms with Gasteiger partial charge in [0, 0.05) is 29.5 Å². The second-order valence-electron chi connectivity index (χ2n) is 9.72. The Morgan fingerprint density at radius 1 is 0.881 bits per heavy atom. The molecule has 0 radical (unpaired) electrons. The lowest BCUT2D eigenvalue weighted by atomic mass is 10.0. The van der Waals surface area contributed by atoms with Gasteiger partial charge in [0.2, 0.25) is 11.8 Å². The molecule has 0 aliphatic carbocycles. The van der Waals surface area contributed by atoms with E-state index in [1.54, 1.807) is 43.3 Å². The predicted octanol–water partition coefficient (Wildman–Crippen LogP) is 5.99. The molecule has 10 heteroatoms. The summed E-state index contributed by atoms with van der Waals surface area (Å²) in [6.07, 6.45) is 0.244. The van der Waals surface area contributed by atoms with Crippen molar-refractivity contribution in [2.24, 2.45) is 0 Å². The molecule has 4 aromatic carbocycles. The number of hydrogen-bond donors (Lipinski definition) is 1. The Morgan fingerprint density at radius 2 is 1.50 bits per heavy atom. The third-order valence-corrected chi connectivity index (χ3v) is 9.36. The van der Waals surface area contributed by atoms with Gasteiger partial charge < -0.3 is 10.2 Å². The zero-order valence-electron chi connectivity index (χ0n) is 23.2. The van der Waals surface area contributed by atoms with E-state index < -0.39 is 28.5 Å². The van der Waals surface area contributed by atoms with E-state index in [-0.39, 0.29) is 23.8 Å². The van der Waals surface area contributed by atoms with Crippen LogP contribution in [0.2, 0.25) is 5.02 Å². The summed E-state index contributed by atoms with van der Waals surface area (Å²) in [5.74, 6) is -0.888. The van der Waals surface area contributed by atoms with Crippen LogP contribution < -0.4 is 9.62 Å². The van der Waals surface area contributed by atoms with E-state index in [9.17, 15) is 18.0 Å². The first kappa shape index (κ1) is 31.3. The second kappa shape index (κ2) is 14.0. The first-order chi connectivity index (χ1) is 20.1. The molecule has 0 aliphatic heterocycles. The van der Waals surface area contributed by atoms with Gasteiger partial charge in [0.05, 0.1) is 10.6 Å². The van der Waals surface area contributed by atoms with Gasteiger partial charge in [0.25, 0.3) is 10.0 Å². The van der Waals surface area contributed by atoms with Crippen molar-refractivity contribution in [2.75, 3.05) is 17.9 Å². The first-order valence-electron chi connectivity index (χ1n) is 13.2. The third-order valence-electron chi connectivity index (χ3n) is 6.82. The molecule has 4 aromatic rings. The number of sulfonamides is 1. The molecular formula is C32H31BrClN3O4S. The average molecular weight is 669 g/mol. The average Bonchev–Trinajstić information content (AvgIpc) is 2.99. The smallest absolute Gasteiger partial charge is 0.264 e. The summed E-state index contributed by atoms with van der Waals surface area (Å²) < 4.78 is 30.0. The molecule has 7 nitrogen and oxygen atoms in total. The van der Waals surface area contributed by atoms with Crippen LogP contribution >= 0.6 is 27.5 Å². The topological polar surface area (TPSA) is 86.8 Å². The lowest BCUT2D eigenvalue weighted by Crippen LogP contribution is -2.53. The van der Waals surface area contributed by atoms with E-state index in [0.29, 0.717) is 16.3 Å². The van der Waals surface area contributed by atoms with E-state index in [1.807, 2.05) is 54.6 Å². The maximum atomic E-state index is 14.3. The fourth-order valence-electron chi connectivity index (χ4n) is 4.64. The van der Waals surface area contributed by atoms with Gasteiger partial charge in [-0.1, -0.05) is 88.2 Å². The maximum absolute atomic E-state index is 14.3. The standard InChI is InChI=1S/C32H31BrClN3O4S/c1-23-19-27(34)17-18-29(23)37(42(40,41)28-11-7-4-8-12-28)22-31(38)36(21-25-13-15-26(33)16-14-25)30(32(39)35-2)20-24-9-5-3-6-10-24/h3-19,30H,20-22H2,1-2H3,(H,35,39). The van der Waals surface area contributed by atoms with Crippen LogP contribution in [0.5, 0.6) is 0 Å². The molecule has 2 amide bonds. The van der Waals surface area contributed by atoms with Crippen molar-refractivity contribution in [3.05, 3.63) is 129 Å². The molecule has 1 atom stereocenters. The molecule has 1 N–H and O–H groups in total. The highest BCUT2D eigenvalue weighted by Gasteiger charge is 2.34. The summed E-state index contributed by atoms with van der Waals surface area (Å²) >= 11 is 9.62. The molecule has 218 valence electrons. The normalized spacial score (nSPS) is 11.9. The molecule has 0 bridgehead atoms. The zero-order chi connectivity index (χ0) is 30.3. The van der Waals surface area contributed by atoms with Crippen molar-refractivity contribution in [2.45, 2.75) is 30.8 Å². The van der Waals surface area contributed by atoms with Crippen LogP contribution in [0.25, 0.3) is 0 Å². The number of likely N-dealkylation sites (N-methyl/N-ethyl adjacent to an activating group) is 1. The Balaban J connectivity index is 1.80. The first-order valence-corrected chi connectivity index (χ1v) is 15.8. The predicted molar refractivity (Wildman–Crippen MR) is 170 cm³/mol. The highest BCUT2D eigenvalue weighted by Crippen LogP contribution is 2.29. The molecule has 0 spiro atoms. The molecule has 4 rings (SSSR count). The van der Waals surface area contributed by atoms with Gasteiger partial charge in [-0.05, 0) is 66.1 Å². The molecule has 0 saturated carbocycles. The van der Waals surface area contributed by atoms with E-state index in [2.05, 4.69) is 21.2 Å². The summed E-state index contributed by atoms with van der Waals surface area (Å²) in [5.41, 5.74) is 2.55. The summed E-state index contributed by atoms with van der Waals surface area (Å²) in [7, 11) is -2.65. The van der Waals surface area contributed by atoms with Crippen LogP contribution in [-0.2, 0) is 32.6 Å². The fourth-order valence-corrected chi connectivity index (χ4v) is 6.63. The lowest BCUT2D eigenvalue weighted by Gasteiger charge is -2.34. The SMILES string of the molecule is CNC(=O)C(Cc1ccccc1)N(Cc1ccc(Br)cc1)C(=O)CN(c1ccc(Cl)cc1C)S(=O)(=O)c1ccccc1. The quantitative estimate of drug-likeness (QED) is 0.213. The highest BCUT2D eigenvalue weighted by atomic mass is 79.9. The molecule has 1 unspecified atom stereocenters. The van der Waals surface area contributed by atoms with Crippen molar-refractivity contribution < 1.29 is 18.0 Å². The van der Waals surface area contributed by atoms with Crippen LogP contribution in [0.1, 0.15) is 16.7 Å². The number of aryl methyl sites for hydroxylation is 1. The van der Waals surface area contributed by atoms with Crippen LogP contribution in [0, 0.1) is 6.92 Å².